The second-order valence-electron chi connectivity index (χ2n) is 5.73. The Morgan fingerprint density at radius 3 is 2.48 bits per heavy atom. The van der Waals surface area contributed by atoms with Crippen LogP contribution in [0.3, 0.4) is 0 Å². The molecule has 2 heterocycles. The maximum Gasteiger partial charge on any atom is 0.229 e. The predicted octanol–water partition coefficient (Wildman–Crippen LogP) is 2.62. The highest BCUT2D eigenvalue weighted by molar-refractivity contribution is 7.92. The molecule has 3 aromatic rings. The molecule has 0 bridgehead atoms. The van der Waals surface area contributed by atoms with E-state index in [2.05, 4.69) is 9.82 Å². The van der Waals surface area contributed by atoms with Crippen LogP contribution in [0.4, 0.5) is 5.69 Å². The molecule has 6 nitrogen and oxygen atoms in total. The summed E-state index contributed by atoms with van der Waals surface area (Å²) in [6, 6.07) is 7.52. The summed E-state index contributed by atoms with van der Waals surface area (Å²) in [5, 5.41) is 5.11. The largest absolute Gasteiger partial charge is 0.284 e. The molecular formula is C16H18N4O2S. The number of anilines is 1. The standard InChI is InChI=1S/C16H18N4O2S/c1-10-8-14(15-5-6-17-20(15)3)18-16-11(2)7-12(9-13(10)16)19-23(4,21)22/h5-9,19H,1-4H3. The first-order chi connectivity index (χ1) is 10.7. The van der Waals surface area contributed by atoms with E-state index in [9.17, 15) is 8.42 Å². The lowest BCUT2D eigenvalue weighted by molar-refractivity contribution is 0.607. The van der Waals surface area contributed by atoms with Gasteiger partial charge in [0.1, 0.15) is 0 Å². The molecule has 0 saturated heterocycles. The molecule has 0 amide bonds. The van der Waals surface area contributed by atoms with E-state index in [0.29, 0.717) is 5.69 Å². The van der Waals surface area contributed by atoms with Gasteiger partial charge in [-0.05, 0) is 49.2 Å². The first-order valence-corrected chi connectivity index (χ1v) is 9.02. The zero-order valence-corrected chi connectivity index (χ0v) is 14.3. The number of sulfonamides is 1. The van der Waals surface area contributed by atoms with E-state index in [1.165, 1.54) is 0 Å². The van der Waals surface area contributed by atoms with E-state index in [-0.39, 0.29) is 0 Å². The summed E-state index contributed by atoms with van der Waals surface area (Å²) in [5.41, 5.74) is 5.15. The smallest absolute Gasteiger partial charge is 0.229 e. The van der Waals surface area contributed by atoms with Gasteiger partial charge in [0.05, 0.1) is 23.2 Å². The Morgan fingerprint density at radius 2 is 1.87 bits per heavy atom. The van der Waals surface area contributed by atoms with Crippen LogP contribution in [0.25, 0.3) is 22.3 Å². The quantitative estimate of drug-likeness (QED) is 0.801. The van der Waals surface area contributed by atoms with Gasteiger partial charge in [0.2, 0.25) is 10.0 Å². The second kappa shape index (κ2) is 5.34. The lowest BCUT2D eigenvalue weighted by atomic mass is 10.0. The molecule has 0 aliphatic carbocycles. The van der Waals surface area contributed by atoms with Gasteiger partial charge in [-0.3, -0.25) is 9.40 Å². The van der Waals surface area contributed by atoms with Crippen LogP contribution in [0.2, 0.25) is 0 Å². The van der Waals surface area contributed by atoms with E-state index in [1.54, 1.807) is 16.9 Å². The van der Waals surface area contributed by atoms with Crippen LogP contribution in [0.1, 0.15) is 11.1 Å². The van der Waals surface area contributed by atoms with Gasteiger partial charge in [-0.15, -0.1) is 0 Å². The lowest BCUT2D eigenvalue weighted by Crippen LogP contribution is -2.09. The van der Waals surface area contributed by atoms with Crippen molar-refractivity contribution in [3.8, 4) is 11.4 Å². The molecular weight excluding hydrogens is 312 g/mol. The fraction of sp³-hybridized carbons (Fsp3) is 0.250. The minimum absolute atomic E-state index is 0.552. The van der Waals surface area contributed by atoms with Gasteiger partial charge in [-0.25, -0.2) is 13.4 Å². The molecule has 0 unspecified atom stereocenters. The highest BCUT2D eigenvalue weighted by Gasteiger charge is 2.12. The summed E-state index contributed by atoms with van der Waals surface area (Å²) >= 11 is 0. The molecule has 1 N–H and O–H groups in total. The highest BCUT2D eigenvalue weighted by Crippen LogP contribution is 2.29. The van der Waals surface area contributed by atoms with Gasteiger partial charge in [0.15, 0.2) is 0 Å². The average Bonchev–Trinajstić information content (AvgIpc) is 2.84. The van der Waals surface area contributed by atoms with Gasteiger partial charge >= 0.3 is 0 Å². The number of aryl methyl sites for hydroxylation is 3. The molecule has 2 aromatic heterocycles. The Balaban J connectivity index is 2.21. The molecule has 0 aliphatic rings. The fourth-order valence-corrected chi connectivity index (χ4v) is 3.24. The summed E-state index contributed by atoms with van der Waals surface area (Å²) in [6.45, 7) is 3.92. The molecule has 0 atom stereocenters. The van der Waals surface area contributed by atoms with E-state index in [4.69, 9.17) is 4.98 Å². The summed E-state index contributed by atoms with van der Waals surface area (Å²) < 4.78 is 27.2. The van der Waals surface area contributed by atoms with Crippen LogP contribution in [0.5, 0.6) is 0 Å². The van der Waals surface area contributed by atoms with Gasteiger partial charge in [-0.1, -0.05) is 0 Å². The van der Waals surface area contributed by atoms with Crippen molar-refractivity contribution >= 4 is 26.6 Å². The maximum absolute atomic E-state index is 11.4. The van der Waals surface area contributed by atoms with Gasteiger partial charge < -0.3 is 0 Å². The molecule has 0 aliphatic heterocycles. The number of rotatable bonds is 3. The minimum atomic E-state index is -3.31. The second-order valence-corrected chi connectivity index (χ2v) is 7.48. The predicted molar refractivity (Wildman–Crippen MR) is 91.9 cm³/mol. The van der Waals surface area contributed by atoms with Crippen molar-refractivity contribution in [1.82, 2.24) is 14.8 Å². The van der Waals surface area contributed by atoms with Crippen LogP contribution in [-0.2, 0) is 17.1 Å². The molecule has 0 radical (unpaired) electrons. The van der Waals surface area contributed by atoms with Crippen LogP contribution < -0.4 is 4.72 Å². The summed E-state index contributed by atoms with van der Waals surface area (Å²) in [4.78, 5) is 4.74. The Bertz CT molecular complexity index is 1010. The molecule has 7 heteroatoms. The third-order valence-electron chi connectivity index (χ3n) is 3.70. The van der Waals surface area contributed by atoms with Crippen LogP contribution in [-0.4, -0.2) is 29.4 Å². The molecule has 0 spiro atoms. The number of fused-ring (bicyclic) bond motifs is 1. The molecule has 3 rings (SSSR count). The van der Waals surface area contributed by atoms with Crippen LogP contribution in [0, 0.1) is 13.8 Å². The lowest BCUT2D eigenvalue weighted by Gasteiger charge is -2.12. The number of hydrogen-bond donors (Lipinski definition) is 1. The van der Waals surface area contributed by atoms with Crippen molar-refractivity contribution < 1.29 is 8.42 Å². The number of benzene rings is 1. The number of aromatic nitrogens is 3. The molecule has 0 fully saturated rings. The van der Waals surface area contributed by atoms with Crippen molar-refractivity contribution in [3.63, 3.8) is 0 Å². The minimum Gasteiger partial charge on any atom is -0.284 e. The number of nitrogens with one attached hydrogen (secondary N) is 1. The number of nitrogens with zero attached hydrogens (tertiary/aromatic N) is 3. The molecule has 23 heavy (non-hydrogen) atoms. The molecule has 120 valence electrons. The fourth-order valence-electron chi connectivity index (χ4n) is 2.69. The summed E-state index contributed by atoms with van der Waals surface area (Å²) in [5.74, 6) is 0. The zero-order valence-electron chi connectivity index (χ0n) is 13.5. The summed E-state index contributed by atoms with van der Waals surface area (Å²) in [6.07, 6.45) is 2.88. The number of hydrogen-bond acceptors (Lipinski definition) is 4. The van der Waals surface area contributed by atoms with Crippen molar-refractivity contribution in [3.05, 3.63) is 41.6 Å². The normalized spacial score (nSPS) is 11.8. The van der Waals surface area contributed by atoms with Crippen molar-refractivity contribution in [2.45, 2.75) is 13.8 Å². The first-order valence-electron chi connectivity index (χ1n) is 7.13. The Kier molecular flexibility index (Phi) is 3.60. The third kappa shape index (κ3) is 3.05. The number of pyridine rings is 1. The van der Waals surface area contributed by atoms with E-state index in [0.717, 1.165) is 39.7 Å². The van der Waals surface area contributed by atoms with Gasteiger partial charge in [0, 0.05) is 24.3 Å². The maximum atomic E-state index is 11.4. The van der Waals surface area contributed by atoms with Gasteiger partial charge in [-0.2, -0.15) is 5.10 Å². The molecule has 1 aromatic carbocycles. The van der Waals surface area contributed by atoms with Crippen molar-refractivity contribution in [1.29, 1.82) is 0 Å². The van der Waals surface area contributed by atoms with E-state index < -0.39 is 10.0 Å². The summed E-state index contributed by atoms with van der Waals surface area (Å²) in [7, 11) is -1.43. The van der Waals surface area contributed by atoms with Crippen LogP contribution in [0.15, 0.2) is 30.5 Å². The third-order valence-corrected chi connectivity index (χ3v) is 4.30. The Morgan fingerprint density at radius 1 is 1.13 bits per heavy atom. The Hall–Kier alpha value is -2.41. The average molecular weight is 330 g/mol. The van der Waals surface area contributed by atoms with E-state index in [1.807, 2.05) is 39.1 Å². The first kappa shape index (κ1) is 15.5. The van der Waals surface area contributed by atoms with Crippen molar-refractivity contribution in [2.24, 2.45) is 7.05 Å². The highest BCUT2D eigenvalue weighted by atomic mass is 32.2. The van der Waals surface area contributed by atoms with E-state index >= 15 is 0 Å². The van der Waals surface area contributed by atoms with Gasteiger partial charge in [0.25, 0.3) is 0 Å². The van der Waals surface area contributed by atoms with Crippen LogP contribution >= 0.6 is 0 Å². The zero-order chi connectivity index (χ0) is 16.8. The topological polar surface area (TPSA) is 76.9 Å². The Labute approximate surface area is 135 Å². The van der Waals surface area contributed by atoms with Crippen molar-refractivity contribution in [2.75, 3.05) is 11.0 Å². The monoisotopic (exact) mass is 330 g/mol. The molecule has 0 saturated carbocycles. The SMILES string of the molecule is Cc1cc(-c2ccnn2C)nc2c(C)cc(NS(C)(=O)=O)cc12.